The molecule has 1 aliphatic heterocycles. The summed E-state index contributed by atoms with van der Waals surface area (Å²) in [5.41, 5.74) is 0.465. The lowest BCUT2D eigenvalue weighted by Gasteiger charge is -2.45. The monoisotopic (exact) mass is 252 g/mol. The molecular formula is C15H28N2O. The predicted molar refractivity (Wildman–Crippen MR) is 73.8 cm³/mol. The molecule has 18 heavy (non-hydrogen) atoms. The van der Waals surface area contributed by atoms with Crippen molar-refractivity contribution in [2.75, 3.05) is 26.2 Å². The summed E-state index contributed by atoms with van der Waals surface area (Å²) in [6, 6.07) is 0.805. The maximum absolute atomic E-state index is 5.70. The molecule has 3 aliphatic rings. The van der Waals surface area contributed by atoms with Crippen molar-refractivity contribution in [2.24, 2.45) is 0 Å². The van der Waals surface area contributed by atoms with Gasteiger partial charge < -0.3 is 10.1 Å². The zero-order valence-corrected chi connectivity index (χ0v) is 11.8. The van der Waals surface area contributed by atoms with Gasteiger partial charge in [-0.25, -0.2) is 0 Å². The van der Waals surface area contributed by atoms with E-state index in [0.29, 0.717) is 11.6 Å². The van der Waals surface area contributed by atoms with Crippen LogP contribution in [0.4, 0.5) is 0 Å². The van der Waals surface area contributed by atoms with E-state index in [1.54, 1.807) is 0 Å². The summed E-state index contributed by atoms with van der Waals surface area (Å²) in [6.07, 6.45) is 10.0. The highest BCUT2D eigenvalue weighted by Crippen LogP contribution is 2.35. The van der Waals surface area contributed by atoms with Gasteiger partial charge in [-0.2, -0.15) is 0 Å². The molecule has 1 saturated heterocycles. The summed E-state index contributed by atoms with van der Waals surface area (Å²) in [7, 11) is 0. The van der Waals surface area contributed by atoms with Crippen molar-refractivity contribution in [2.45, 2.75) is 69.6 Å². The average Bonchev–Trinajstić information content (AvgIpc) is 2.65. The van der Waals surface area contributed by atoms with Crippen LogP contribution in [-0.4, -0.2) is 48.8 Å². The minimum Gasteiger partial charge on any atom is -0.378 e. The van der Waals surface area contributed by atoms with E-state index >= 15 is 0 Å². The fourth-order valence-electron chi connectivity index (χ4n) is 4.07. The van der Waals surface area contributed by atoms with Gasteiger partial charge in [0.05, 0.1) is 6.10 Å². The molecule has 3 rings (SSSR count). The summed E-state index contributed by atoms with van der Waals surface area (Å²) in [6.45, 7) is 6.78. The van der Waals surface area contributed by atoms with E-state index in [9.17, 15) is 0 Å². The number of rotatable bonds is 3. The Morgan fingerprint density at radius 3 is 2.72 bits per heavy atom. The first-order valence-electron chi connectivity index (χ1n) is 7.92. The molecule has 0 aromatic heterocycles. The summed E-state index contributed by atoms with van der Waals surface area (Å²) >= 11 is 0. The van der Waals surface area contributed by atoms with E-state index in [2.05, 4.69) is 17.1 Å². The third-order valence-electron chi connectivity index (χ3n) is 5.18. The van der Waals surface area contributed by atoms with Crippen LogP contribution in [0, 0.1) is 0 Å². The van der Waals surface area contributed by atoms with Crippen molar-refractivity contribution in [3.05, 3.63) is 0 Å². The zero-order valence-electron chi connectivity index (χ0n) is 11.8. The molecule has 0 aromatic carbocycles. The molecule has 1 spiro atoms. The Balaban J connectivity index is 1.55. The lowest BCUT2D eigenvalue weighted by molar-refractivity contribution is -0.0497. The molecule has 3 fully saturated rings. The second kappa shape index (κ2) is 5.48. The van der Waals surface area contributed by atoms with Crippen molar-refractivity contribution in [1.29, 1.82) is 0 Å². The van der Waals surface area contributed by atoms with Gasteiger partial charge in [0, 0.05) is 24.7 Å². The Hall–Kier alpha value is -0.120. The molecule has 0 radical (unpaired) electrons. The van der Waals surface area contributed by atoms with E-state index in [-0.39, 0.29) is 0 Å². The molecule has 0 unspecified atom stereocenters. The SMILES string of the molecule is CCOC1CC(N2CCCNC3(CCCC3)C2)C1. The maximum Gasteiger partial charge on any atom is 0.0604 e. The van der Waals surface area contributed by atoms with Gasteiger partial charge in [-0.05, 0) is 52.1 Å². The summed E-state index contributed by atoms with van der Waals surface area (Å²) in [5, 5.41) is 3.85. The van der Waals surface area contributed by atoms with Crippen LogP contribution in [-0.2, 0) is 4.74 Å². The largest absolute Gasteiger partial charge is 0.378 e. The molecule has 0 bridgehead atoms. The first-order chi connectivity index (χ1) is 8.81. The second-order valence-corrected chi connectivity index (χ2v) is 6.44. The van der Waals surface area contributed by atoms with Gasteiger partial charge in [0.25, 0.3) is 0 Å². The van der Waals surface area contributed by atoms with E-state index in [1.165, 1.54) is 64.6 Å². The highest BCUT2D eigenvalue weighted by atomic mass is 16.5. The molecule has 0 aromatic rings. The molecule has 1 heterocycles. The first kappa shape index (κ1) is 12.9. The Kier molecular flexibility index (Phi) is 3.92. The van der Waals surface area contributed by atoms with Crippen LogP contribution in [0.2, 0.25) is 0 Å². The van der Waals surface area contributed by atoms with Crippen molar-refractivity contribution in [3.8, 4) is 0 Å². The average molecular weight is 252 g/mol. The van der Waals surface area contributed by atoms with Crippen molar-refractivity contribution in [1.82, 2.24) is 10.2 Å². The number of nitrogens with one attached hydrogen (secondary N) is 1. The van der Waals surface area contributed by atoms with Crippen LogP contribution in [0.25, 0.3) is 0 Å². The fourth-order valence-corrected chi connectivity index (χ4v) is 4.07. The highest BCUT2D eigenvalue weighted by molar-refractivity contribution is 5.00. The highest BCUT2D eigenvalue weighted by Gasteiger charge is 2.41. The van der Waals surface area contributed by atoms with Gasteiger partial charge in [0.2, 0.25) is 0 Å². The lowest BCUT2D eigenvalue weighted by Crippen LogP contribution is -2.55. The molecule has 3 nitrogen and oxygen atoms in total. The minimum atomic E-state index is 0.465. The second-order valence-electron chi connectivity index (χ2n) is 6.44. The number of nitrogens with zero attached hydrogens (tertiary/aromatic N) is 1. The number of hydrogen-bond acceptors (Lipinski definition) is 3. The fraction of sp³-hybridized carbons (Fsp3) is 1.00. The summed E-state index contributed by atoms with van der Waals surface area (Å²) < 4.78 is 5.70. The molecular weight excluding hydrogens is 224 g/mol. The lowest BCUT2D eigenvalue weighted by atomic mass is 9.86. The standard InChI is InChI=1S/C15H28N2O/c1-2-18-14-10-13(11-14)17-9-5-8-16-15(12-17)6-3-4-7-15/h13-14,16H,2-12H2,1H3. The van der Waals surface area contributed by atoms with Gasteiger partial charge in [-0.1, -0.05) is 12.8 Å². The quantitative estimate of drug-likeness (QED) is 0.833. The molecule has 2 aliphatic carbocycles. The van der Waals surface area contributed by atoms with Crippen LogP contribution in [0.3, 0.4) is 0 Å². The molecule has 0 amide bonds. The Morgan fingerprint density at radius 2 is 2.00 bits per heavy atom. The maximum atomic E-state index is 5.70. The topological polar surface area (TPSA) is 24.5 Å². The van der Waals surface area contributed by atoms with Gasteiger partial charge in [-0.15, -0.1) is 0 Å². The third kappa shape index (κ3) is 2.59. The molecule has 104 valence electrons. The zero-order chi connectivity index (χ0) is 12.4. The van der Waals surface area contributed by atoms with E-state index in [0.717, 1.165) is 12.6 Å². The Bertz CT molecular complexity index is 270. The van der Waals surface area contributed by atoms with E-state index in [4.69, 9.17) is 4.74 Å². The normalized spacial score (nSPS) is 36.5. The van der Waals surface area contributed by atoms with Crippen molar-refractivity contribution in [3.63, 3.8) is 0 Å². The predicted octanol–water partition coefficient (Wildman–Crippen LogP) is 2.16. The van der Waals surface area contributed by atoms with Gasteiger partial charge in [0.15, 0.2) is 0 Å². The third-order valence-corrected chi connectivity index (χ3v) is 5.18. The first-order valence-corrected chi connectivity index (χ1v) is 7.92. The molecule has 1 N–H and O–H groups in total. The van der Waals surface area contributed by atoms with Crippen LogP contribution in [0.5, 0.6) is 0 Å². The number of ether oxygens (including phenoxy) is 1. The van der Waals surface area contributed by atoms with Gasteiger partial charge in [-0.3, -0.25) is 4.90 Å². The molecule has 2 saturated carbocycles. The van der Waals surface area contributed by atoms with Crippen LogP contribution < -0.4 is 5.32 Å². The molecule has 0 atom stereocenters. The van der Waals surface area contributed by atoms with Gasteiger partial charge >= 0.3 is 0 Å². The van der Waals surface area contributed by atoms with Crippen molar-refractivity contribution < 1.29 is 4.74 Å². The molecule has 3 heteroatoms. The number of hydrogen-bond donors (Lipinski definition) is 1. The Morgan fingerprint density at radius 1 is 1.22 bits per heavy atom. The van der Waals surface area contributed by atoms with Crippen LogP contribution in [0.15, 0.2) is 0 Å². The van der Waals surface area contributed by atoms with E-state index in [1.807, 2.05) is 0 Å². The summed E-state index contributed by atoms with van der Waals surface area (Å²) in [5.74, 6) is 0. The minimum absolute atomic E-state index is 0.465. The van der Waals surface area contributed by atoms with Crippen LogP contribution in [0.1, 0.15) is 51.9 Å². The van der Waals surface area contributed by atoms with E-state index < -0.39 is 0 Å². The van der Waals surface area contributed by atoms with Gasteiger partial charge in [0.1, 0.15) is 0 Å². The Labute approximate surface area is 111 Å². The summed E-state index contributed by atoms with van der Waals surface area (Å²) in [4.78, 5) is 2.76. The van der Waals surface area contributed by atoms with Crippen LogP contribution >= 0.6 is 0 Å². The smallest absolute Gasteiger partial charge is 0.0604 e. The van der Waals surface area contributed by atoms with Crippen molar-refractivity contribution >= 4 is 0 Å².